The molecule has 1 aromatic carbocycles. The molecule has 2 aliphatic rings. The fourth-order valence-corrected chi connectivity index (χ4v) is 8.40. The molecule has 7 heterocycles. The molecule has 282 valence electrons. The summed E-state index contributed by atoms with van der Waals surface area (Å²) in [6.45, 7) is 6.93. The first kappa shape index (κ1) is 37.0. The first-order valence-corrected chi connectivity index (χ1v) is 19.1. The maximum Gasteiger partial charge on any atom is 0.737 e. The SMILES string of the molecule is CC1=CC(C)=[N+]2C1=C(c1cc(CN(Cc3ccccn3)Cc3ccccn3)cc(CN(Cc3ccccn3)Cc3ccccn3)c1)c1c(C)cc(C)n1[B-]2(F)F. The number of benzene rings is 1. The highest BCUT2D eigenvalue weighted by atomic mass is 19.2. The van der Waals surface area contributed by atoms with E-state index in [0.717, 1.165) is 56.2 Å². The van der Waals surface area contributed by atoms with E-state index in [9.17, 15) is 0 Å². The quantitative estimate of drug-likeness (QED) is 0.111. The van der Waals surface area contributed by atoms with Crippen LogP contribution in [0.1, 0.15) is 70.3 Å². The molecule has 0 spiro atoms. The van der Waals surface area contributed by atoms with Gasteiger partial charge >= 0.3 is 6.97 Å². The number of pyridine rings is 4. The minimum absolute atomic E-state index is 0.543. The summed E-state index contributed by atoms with van der Waals surface area (Å²) >= 11 is 0. The highest BCUT2D eigenvalue weighted by molar-refractivity contribution is 6.58. The lowest BCUT2D eigenvalue weighted by atomic mass is 9.83. The van der Waals surface area contributed by atoms with Gasteiger partial charge in [-0.25, -0.2) is 0 Å². The first-order chi connectivity index (χ1) is 27.1. The summed E-state index contributed by atoms with van der Waals surface area (Å²) < 4.78 is 35.9. The van der Waals surface area contributed by atoms with Crippen LogP contribution < -0.4 is 0 Å². The molecule has 5 aromatic heterocycles. The first-order valence-electron chi connectivity index (χ1n) is 19.1. The second kappa shape index (κ2) is 15.7. The Labute approximate surface area is 327 Å². The average Bonchev–Trinajstić information content (AvgIpc) is 3.67. The van der Waals surface area contributed by atoms with Gasteiger partial charge in [0.2, 0.25) is 0 Å². The van der Waals surface area contributed by atoms with E-state index >= 15 is 8.63 Å². The lowest BCUT2D eigenvalue weighted by Crippen LogP contribution is -2.51. The van der Waals surface area contributed by atoms with Gasteiger partial charge in [0.15, 0.2) is 5.70 Å². The number of aryl methyl sites for hydroxylation is 2. The third-order valence-corrected chi connectivity index (χ3v) is 10.5. The molecule has 56 heavy (non-hydrogen) atoms. The summed E-state index contributed by atoms with van der Waals surface area (Å²) in [4.78, 5) is 23.3. The Balaban J connectivity index is 1.28. The lowest BCUT2D eigenvalue weighted by molar-refractivity contribution is -0.363. The molecule has 11 heteroatoms. The summed E-state index contributed by atoms with van der Waals surface area (Å²) in [7, 11) is 0. The van der Waals surface area contributed by atoms with Crippen LogP contribution in [0.4, 0.5) is 8.63 Å². The molecule has 8 nitrogen and oxygen atoms in total. The Morgan fingerprint density at radius 1 is 0.589 bits per heavy atom. The summed E-state index contributed by atoms with van der Waals surface area (Å²) in [6.07, 6.45) is 9.16. The van der Waals surface area contributed by atoms with Crippen molar-refractivity contribution >= 4 is 18.3 Å². The van der Waals surface area contributed by atoms with Crippen LogP contribution in [0.15, 0.2) is 139 Å². The van der Waals surface area contributed by atoms with Crippen molar-refractivity contribution < 1.29 is 13.1 Å². The summed E-state index contributed by atoms with van der Waals surface area (Å²) in [5, 5.41) is 0. The second-order valence-electron chi connectivity index (χ2n) is 15.0. The molecular formula is C45H45BF2N8. The number of rotatable bonds is 13. The van der Waals surface area contributed by atoms with Crippen LogP contribution in [0.2, 0.25) is 0 Å². The number of allylic oxidation sites excluding steroid dienone is 2. The van der Waals surface area contributed by atoms with Gasteiger partial charge in [-0.15, -0.1) is 0 Å². The largest absolute Gasteiger partial charge is 0.737 e. The van der Waals surface area contributed by atoms with Crippen LogP contribution in [-0.4, -0.2) is 51.4 Å². The van der Waals surface area contributed by atoms with E-state index in [1.54, 1.807) is 13.8 Å². The molecule has 6 aromatic rings. The van der Waals surface area contributed by atoms with Crippen molar-refractivity contribution in [1.29, 1.82) is 0 Å². The number of aromatic nitrogens is 5. The average molecular weight is 747 g/mol. The van der Waals surface area contributed by atoms with Gasteiger partial charge in [0.25, 0.3) is 0 Å². The molecular weight excluding hydrogens is 701 g/mol. The van der Waals surface area contributed by atoms with Crippen molar-refractivity contribution in [2.45, 2.75) is 67.0 Å². The predicted molar refractivity (Wildman–Crippen MR) is 217 cm³/mol. The highest BCUT2D eigenvalue weighted by Crippen LogP contribution is 2.44. The molecule has 0 amide bonds. The van der Waals surface area contributed by atoms with Crippen molar-refractivity contribution in [2.24, 2.45) is 0 Å². The molecule has 0 fully saturated rings. The minimum atomic E-state index is -4.11. The third kappa shape index (κ3) is 7.65. The van der Waals surface area contributed by atoms with Crippen LogP contribution in [-0.2, 0) is 39.3 Å². The van der Waals surface area contributed by atoms with Gasteiger partial charge in [0.1, 0.15) is 5.71 Å². The summed E-state index contributed by atoms with van der Waals surface area (Å²) in [6, 6.07) is 32.4. The molecule has 8 rings (SSSR count). The van der Waals surface area contributed by atoms with Gasteiger partial charge in [-0.1, -0.05) is 30.3 Å². The fraction of sp³-hybridized carbons (Fsp3) is 0.222. The Morgan fingerprint density at radius 3 is 1.45 bits per heavy atom. The predicted octanol–water partition coefficient (Wildman–Crippen LogP) is 8.52. The Morgan fingerprint density at radius 2 is 1.04 bits per heavy atom. The van der Waals surface area contributed by atoms with E-state index in [4.69, 9.17) is 0 Å². The van der Waals surface area contributed by atoms with Gasteiger partial charge in [-0.2, -0.15) is 0 Å². The zero-order valence-corrected chi connectivity index (χ0v) is 32.3. The van der Waals surface area contributed by atoms with Gasteiger partial charge in [0.05, 0.1) is 28.3 Å². The minimum Gasteiger partial charge on any atom is -0.393 e. The van der Waals surface area contributed by atoms with Gasteiger partial charge in [-0.3, -0.25) is 29.7 Å². The molecule has 0 aliphatic carbocycles. The molecule has 2 aliphatic heterocycles. The van der Waals surface area contributed by atoms with Crippen LogP contribution in [0, 0.1) is 13.8 Å². The molecule has 0 saturated heterocycles. The zero-order valence-electron chi connectivity index (χ0n) is 32.3. The van der Waals surface area contributed by atoms with Crippen LogP contribution in [0.3, 0.4) is 0 Å². The van der Waals surface area contributed by atoms with Crippen LogP contribution >= 0.6 is 0 Å². The Hall–Kier alpha value is -5.91. The van der Waals surface area contributed by atoms with Gasteiger partial charge in [0, 0.05) is 88.3 Å². The van der Waals surface area contributed by atoms with E-state index in [2.05, 4.69) is 47.9 Å². The molecule has 0 atom stereocenters. The topological polar surface area (TPSA) is 66.0 Å². The van der Waals surface area contributed by atoms with Crippen molar-refractivity contribution in [3.63, 3.8) is 0 Å². The Bertz CT molecular complexity index is 2260. The van der Waals surface area contributed by atoms with E-state index in [1.807, 2.05) is 124 Å². The van der Waals surface area contributed by atoms with Gasteiger partial charge in [-0.05, 0) is 115 Å². The highest BCUT2D eigenvalue weighted by Gasteiger charge is 2.55. The monoisotopic (exact) mass is 746 g/mol. The standard InChI is InChI=1S/C45H45BF2N8/c1-32-21-34(3)55-44(32)43(45-33(2)22-35(4)56(45)46(55,47)48)38-24-36(26-53(28-39-13-5-9-17-49-39)29-40-14-6-10-18-50-40)23-37(25-38)27-54(30-41-15-7-11-19-51-41)31-42-16-8-12-20-52-42/h5-25H,26-31H2,1-4H3. The molecule has 0 N–H and O–H groups in total. The van der Waals surface area contributed by atoms with E-state index in [0.29, 0.717) is 62.1 Å². The van der Waals surface area contributed by atoms with Crippen LogP contribution in [0.25, 0.3) is 5.57 Å². The van der Waals surface area contributed by atoms with Crippen molar-refractivity contribution in [2.75, 3.05) is 0 Å². The van der Waals surface area contributed by atoms with Crippen LogP contribution in [0.5, 0.6) is 0 Å². The molecule has 0 bridgehead atoms. The van der Waals surface area contributed by atoms with Crippen molar-refractivity contribution in [3.8, 4) is 0 Å². The smallest absolute Gasteiger partial charge is 0.393 e. The molecule has 0 saturated carbocycles. The number of fused-ring (bicyclic) bond motifs is 2. The number of nitrogens with zero attached hydrogens (tertiary/aromatic N) is 8. The number of hydrogen-bond donors (Lipinski definition) is 0. The second-order valence-corrected chi connectivity index (χ2v) is 15.0. The van der Waals surface area contributed by atoms with Crippen molar-refractivity contribution in [1.82, 2.24) is 34.2 Å². The van der Waals surface area contributed by atoms with E-state index in [1.165, 1.54) is 8.96 Å². The summed E-state index contributed by atoms with van der Waals surface area (Å²) in [5.41, 5.74) is 11.6. The molecule has 0 unspecified atom stereocenters. The Kier molecular flexibility index (Phi) is 10.4. The van der Waals surface area contributed by atoms with E-state index < -0.39 is 6.97 Å². The number of halogens is 2. The number of hydrogen-bond acceptors (Lipinski definition) is 6. The zero-order chi connectivity index (χ0) is 38.8. The normalized spacial score (nSPS) is 14.8. The lowest BCUT2D eigenvalue weighted by Gasteiger charge is -2.34. The van der Waals surface area contributed by atoms with E-state index in [-0.39, 0.29) is 0 Å². The third-order valence-electron chi connectivity index (χ3n) is 10.5. The maximum absolute atomic E-state index is 16.7. The van der Waals surface area contributed by atoms with Gasteiger partial charge < -0.3 is 17.6 Å². The fourth-order valence-electron chi connectivity index (χ4n) is 8.40. The van der Waals surface area contributed by atoms with Crippen molar-refractivity contribution in [3.05, 3.63) is 196 Å². The summed E-state index contributed by atoms with van der Waals surface area (Å²) in [5.74, 6) is 0. The maximum atomic E-state index is 16.7. The molecule has 0 radical (unpaired) electrons.